The molecule has 0 bridgehead atoms. The molecule has 0 aliphatic heterocycles. The van der Waals surface area contributed by atoms with Gasteiger partial charge in [-0.25, -0.2) is 13.8 Å². The van der Waals surface area contributed by atoms with E-state index < -0.39 is 22.4 Å². The molecule has 0 saturated carbocycles. The number of aromatic nitrogens is 2. The summed E-state index contributed by atoms with van der Waals surface area (Å²) >= 11 is 1.04. The van der Waals surface area contributed by atoms with E-state index in [1.165, 1.54) is 6.07 Å². The number of hydrogen-bond acceptors (Lipinski definition) is 4. The number of thioether (sulfide) groups is 1. The Morgan fingerprint density at radius 3 is 2.71 bits per heavy atom. The molecule has 1 atom stereocenters. The summed E-state index contributed by atoms with van der Waals surface area (Å²) < 4.78 is 28.5. The molecule has 4 nitrogen and oxygen atoms in total. The van der Waals surface area contributed by atoms with Gasteiger partial charge in [0.15, 0.2) is 5.16 Å². The highest BCUT2D eigenvalue weighted by Gasteiger charge is 2.18. The van der Waals surface area contributed by atoms with Crippen molar-refractivity contribution in [1.29, 1.82) is 5.26 Å². The number of nitrogens with zero attached hydrogens (tertiary/aromatic N) is 3. The van der Waals surface area contributed by atoms with Crippen molar-refractivity contribution in [3.63, 3.8) is 0 Å². The third-order valence-corrected chi connectivity index (χ3v) is 4.30. The van der Waals surface area contributed by atoms with Crippen LogP contribution < -0.4 is 5.56 Å². The standard InChI is InChI=1S/C17H11F2N3OS/c1-10(9-20)24-17-21-14-5-3-2-4-12(14)16(23)22(17)15-7-6-11(18)8-13(15)19/h2-8,10H,1H3/t10-/m0/s1. The Bertz CT molecular complexity index is 1030. The summed E-state index contributed by atoms with van der Waals surface area (Å²) in [4.78, 5) is 17.2. The Labute approximate surface area is 140 Å². The number of halogens is 2. The summed E-state index contributed by atoms with van der Waals surface area (Å²) in [5.41, 5.74) is -0.125. The van der Waals surface area contributed by atoms with Gasteiger partial charge in [0.25, 0.3) is 5.56 Å². The van der Waals surface area contributed by atoms with Gasteiger partial charge in [-0.05, 0) is 31.2 Å². The number of para-hydroxylation sites is 1. The summed E-state index contributed by atoms with van der Waals surface area (Å²) in [5.74, 6) is -1.61. The molecular formula is C17H11F2N3OS. The first-order chi connectivity index (χ1) is 11.5. The van der Waals surface area contributed by atoms with E-state index in [4.69, 9.17) is 5.26 Å². The Morgan fingerprint density at radius 2 is 2.00 bits per heavy atom. The summed E-state index contributed by atoms with van der Waals surface area (Å²) in [6.07, 6.45) is 0. The minimum Gasteiger partial charge on any atom is -0.268 e. The molecule has 0 aliphatic carbocycles. The van der Waals surface area contributed by atoms with Gasteiger partial charge in [0, 0.05) is 6.07 Å². The van der Waals surface area contributed by atoms with Gasteiger partial charge in [0.2, 0.25) is 0 Å². The highest BCUT2D eigenvalue weighted by molar-refractivity contribution is 8.00. The third kappa shape index (κ3) is 2.88. The van der Waals surface area contributed by atoms with E-state index in [1.54, 1.807) is 31.2 Å². The Kier molecular flexibility index (Phi) is 4.32. The maximum atomic E-state index is 14.2. The minimum absolute atomic E-state index is 0.104. The molecule has 0 amide bonds. The Balaban J connectivity index is 2.35. The van der Waals surface area contributed by atoms with Gasteiger partial charge in [-0.1, -0.05) is 23.9 Å². The molecule has 7 heteroatoms. The molecule has 120 valence electrons. The Hall–Kier alpha value is -2.72. The molecule has 0 spiro atoms. The fourth-order valence-electron chi connectivity index (χ4n) is 2.25. The van der Waals surface area contributed by atoms with Crippen LogP contribution >= 0.6 is 11.8 Å². The lowest BCUT2D eigenvalue weighted by Gasteiger charge is -2.14. The van der Waals surface area contributed by atoms with E-state index in [1.807, 2.05) is 6.07 Å². The minimum atomic E-state index is -0.874. The predicted octanol–water partition coefficient (Wildman–Crippen LogP) is 3.67. The lowest BCUT2D eigenvalue weighted by molar-refractivity contribution is 0.572. The maximum Gasteiger partial charge on any atom is 0.266 e. The highest BCUT2D eigenvalue weighted by Crippen LogP contribution is 2.25. The summed E-state index contributed by atoms with van der Waals surface area (Å²) in [5, 5.41) is 9.02. The second kappa shape index (κ2) is 6.42. The van der Waals surface area contributed by atoms with Gasteiger partial charge >= 0.3 is 0 Å². The van der Waals surface area contributed by atoms with Gasteiger partial charge in [-0.3, -0.25) is 9.36 Å². The molecule has 2 aromatic carbocycles. The fraction of sp³-hybridized carbons (Fsp3) is 0.118. The molecule has 1 aromatic heterocycles. The predicted molar refractivity (Wildman–Crippen MR) is 88.2 cm³/mol. The van der Waals surface area contributed by atoms with Crippen molar-refractivity contribution < 1.29 is 8.78 Å². The molecule has 0 unspecified atom stereocenters. The smallest absolute Gasteiger partial charge is 0.266 e. The second-order valence-corrected chi connectivity index (χ2v) is 6.34. The lowest BCUT2D eigenvalue weighted by Crippen LogP contribution is -2.23. The summed E-state index contributed by atoms with van der Waals surface area (Å²) in [7, 11) is 0. The molecule has 0 aliphatic rings. The van der Waals surface area contributed by atoms with Gasteiger partial charge in [0.05, 0.1) is 27.9 Å². The van der Waals surface area contributed by atoms with Gasteiger partial charge in [0.1, 0.15) is 11.6 Å². The molecule has 0 radical (unpaired) electrons. The zero-order valence-corrected chi connectivity index (χ0v) is 13.3. The monoisotopic (exact) mass is 343 g/mol. The Morgan fingerprint density at radius 1 is 1.25 bits per heavy atom. The zero-order valence-electron chi connectivity index (χ0n) is 12.5. The number of benzene rings is 2. The second-order valence-electron chi connectivity index (χ2n) is 5.04. The van der Waals surface area contributed by atoms with Crippen molar-refractivity contribution in [2.45, 2.75) is 17.3 Å². The molecule has 24 heavy (non-hydrogen) atoms. The van der Waals surface area contributed by atoms with E-state index in [9.17, 15) is 13.6 Å². The lowest BCUT2D eigenvalue weighted by atomic mass is 10.2. The van der Waals surface area contributed by atoms with Crippen LogP contribution in [-0.4, -0.2) is 14.8 Å². The normalized spacial score (nSPS) is 12.1. The number of fused-ring (bicyclic) bond motifs is 1. The van der Waals surface area contributed by atoms with Crippen molar-refractivity contribution in [2.24, 2.45) is 0 Å². The van der Waals surface area contributed by atoms with Crippen LogP contribution in [0.15, 0.2) is 52.4 Å². The molecule has 3 aromatic rings. The van der Waals surface area contributed by atoms with Crippen molar-refractivity contribution in [3.8, 4) is 11.8 Å². The highest BCUT2D eigenvalue weighted by atomic mass is 32.2. The quantitative estimate of drug-likeness (QED) is 0.538. The van der Waals surface area contributed by atoms with Crippen molar-refractivity contribution in [3.05, 3.63) is 64.5 Å². The topological polar surface area (TPSA) is 58.7 Å². The largest absolute Gasteiger partial charge is 0.268 e. The van der Waals surface area contributed by atoms with E-state index in [-0.39, 0.29) is 10.8 Å². The molecule has 3 rings (SSSR count). The van der Waals surface area contributed by atoms with Crippen LogP contribution in [-0.2, 0) is 0 Å². The van der Waals surface area contributed by atoms with Gasteiger partial charge in [-0.2, -0.15) is 5.26 Å². The third-order valence-electron chi connectivity index (χ3n) is 3.36. The van der Waals surface area contributed by atoms with Crippen LogP contribution in [0.25, 0.3) is 16.6 Å². The van der Waals surface area contributed by atoms with Crippen LogP contribution in [0.5, 0.6) is 0 Å². The molecule has 1 heterocycles. The first-order valence-electron chi connectivity index (χ1n) is 7.04. The van der Waals surface area contributed by atoms with Crippen molar-refractivity contribution in [1.82, 2.24) is 9.55 Å². The molecule has 0 saturated heterocycles. The average Bonchev–Trinajstić information content (AvgIpc) is 2.56. The van der Waals surface area contributed by atoms with Crippen LogP contribution in [0.3, 0.4) is 0 Å². The summed E-state index contributed by atoms with van der Waals surface area (Å²) in [6.45, 7) is 1.65. The average molecular weight is 343 g/mol. The van der Waals surface area contributed by atoms with E-state index >= 15 is 0 Å². The van der Waals surface area contributed by atoms with Crippen molar-refractivity contribution >= 4 is 22.7 Å². The van der Waals surface area contributed by atoms with E-state index in [2.05, 4.69) is 4.98 Å². The summed E-state index contributed by atoms with van der Waals surface area (Å²) in [6, 6.07) is 11.7. The van der Waals surface area contributed by atoms with Crippen LogP contribution in [0.2, 0.25) is 0 Å². The molecule has 0 fully saturated rings. The van der Waals surface area contributed by atoms with Crippen LogP contribution in [0.1, 0.15) is 6.92 Å². The maximum absolute atomic E-state index is 14.2. The zero-order chi connectivity index (χ0) is 17.3. The number of rotatable bonds is 3. The number of hydrogen-bond donors (Lipinski definition) is 0. The SMILES string of the molecule is C[C@@H](C#N)Sc1nc2ccccc2c(=O)n1-c1ccc(F)cc1F. The fourth-order valence-corrected chi connectivity index (χ4v) is 3.06. The molecule has 0 N–H and O–H groups in total. The first-order valence-corrected chi connectivity index (χ1v) is 7.92. The van der Waals surface area contributed by atoms with Crippen LogP contribution in [0.4, 0.5) is 8.78 Å². The van der Waals surface area contributed by atoms with E-state index in [0.29, 0.717) is 17.0 Å². The van der Waals surface area contributed by atoms with Crippen molar-refractivity contribution in [2.75, 3.05) is 0 Å². The van der Waals surface area contributed by atoms with Gasteiger partial charge in [-0.15, -0.1) is 0 Å². The van der Waals surface area contributed by atoms with E-state index in [0.717, 1.165) is 22.4 Å². The number of nitriles is 1. The molecular weight excluding hydrogens is 332 g/mol. The van der Waals surface area contributed by atoms with Crippen LogP contribution in [0, 0.1) is 23.0 Å². The first kappa shape index (κ1) is 16.1. The van der Waals surface area contributed by atoms with Gasteiger partial charge < -0.3 is 0 Å².